The maximum Gasteiger partial charge on any atom is 0.273 e. The maximum atomic E-state index is 12.6. The summed E-state index contributed by atoms with van der Waals surface area (Å²) in [6, 6.07) is 9.20. The van der Waals surface area contributed by atoms with Crippen molar-refractivity contribution in [3.8, 4) is 6.07 Å². The first-order chi connectivity index (χ1) is 11.6. The molecule has 1 atom stereocenters. The van der Waals surface area contributed by atoms with Gasteiger partial charge in [0.05, 0.1) is 29.2 Å². The normalized spacial score (nSPS) is 24.4. The minimum atomic E-state index is -0.459. The highest BCUT2D eigenvalue weighted by atomic mass is 35.5. The monoisotopic (exact) mass is 331 g/mol. The van der Waals surface area contributed by atoms with E-state index in [4.69, 9.17) is 16.9 Å². The molecule has 2 aliphatic carbocycles. The molecule has 115 valence electrons. The third kappa shape index (κ3) is 2.08. The highest BCUT2D eigenvalue weighted by Gasteiger charge is 2.44. The van der Waals surface area contributed by atoms with Crippen LogP contribution in [0.5, 0.6) is 0 Å². The Labute approximate surface area is 144 Å². The lowest BCUT2D eigenvalue weighted by molar-refractivity contribution is -0.116. The second kappa shape index (κ2) is 5.36. The Hall–Kier alpha value is -2.83. The molecule has 0 fully saturated rings. The molecule has 4 heteroatoms. The summed E-state index contributed by atoms with van der Waals surface area (Å²) in [5.74, 6) is -0.245. The molecule has 1 aromatic carbocycles. The first kappa shape index (κ1) is 14.7. The Morgan fingerprint density at radius 3 is 3.00 bits per heavy atom. The van der Waals surface area contributed by atoms with Crippen LogP contribution in [0.3, 0.4) is 0 Å². The number of allylic oxidation sites excluding steroid dienone is 6. The van der Waals surface area contributed by atoms with Crippen LogP contribution in [0.15, 0.2) is 76.9 Å². The van der Waals surface area contributed by atoms with Gasteiger partial charge in [0.25, 0.3) is 5.91 Å². The lowest BCUT2D eigenvalue weighted by atomic mass is 9.65. The van der Waals surface area contributed by atoms with Gasteiger partial charge < -0.3 is 0 Å². The van der Waals surface area contributed by atoms with E-state index in [9.17, 15) is 4.79 Å². The van der Waals surface area contributed by atoms with Crippen molar-refractivity contribution in [2.45, 2.75) is 0 Å². The molecular formula is C20H12ClN2O. The standard InChI is InChI=1S/C20H12ClN2O/c21-16-7-8-20-12-23-19(24)18(14-4-1-3-13(9-14)11-22)17(20)6-2-5-15(20)10-16/h1-10H,12H2. The van der Waals surface area contributed by atoms with Crippen molar-refractivity contribution >= 4 is 23.1 Å². The molecule has 3 nitrogen and oxygen atoms in total. The van der Waals surface area contributed by atoms with E-state index in [1.165, 1.54) is 0 Å². The van der Waals surface area contributed by atoms with Gasteiger partial charge >= 0.3 is 0 Å². The molecule has 4 rings (SSSR count). The van der Waals surface area contributed by atoms with Gasteiger partial charge in [0.1, 0.15) is 0 Å². The molecule has 0 aromatic heterocycles. The molecule has 1 amide bonds. The summed E-state index contributed by atoms with van der Waals surface area (Å²) in [7, 11) is 0. The number of halogens is 1. The molecule has 1 spiro atoms. The van der Waals surface area contributed by atoms with E-state index >= 15 is 0 Å². The van der Waals surface area contributed by atoms with Gasteiger partial charge in [0.2, 0.25) is 0 Å². The summed E-state index contributed by atoms with van der Waals surface area (Å²) in [6.45, 7) is 0.371. The van der Waals surface area contributed by atoms with E-state index in [0.717, 1.165) is 16.7 Å². The van der Waals surface area contributed by atoms with Crippen molar-refractivity contribution in [3.63, 3.8) is 0 Å². The second-order valence-electron chi connectivity index (χ2n) is 5.92. The molecule has 0 saturated heterocycles. The topological polar surface area (TPSA) is 55.0 Å². The van der Waals surface area contributed by atoms with Crippen molar-refractivity contribution in [1.82, 2.24) is 5.32 Å². The molecule has 0 bridgehead atoms. The van der Waals surface area contributed by atoms with Gasteiger partial charge in [-0.1, -0.05) is 48.0 Å². The van der Waals surface area contributed by atoms with Gasteiger partial charge in [-0.3, -0.25) is 4.79 Å². The maximum absolute atomic E-state index is 12.6. The van der Waals surface area contributed by atoms with E-state index in [1.54, 1.807) is 18.2 Å². The number of benzene rings is 1. The van der Waals surface area contributed by atoms with E-state index < -0.39 is 5.41 Å². The fraction of sp³-hybridized carbons (Fsp3) is 0.100. The average molecular weight is 332 g/mol. The molecule has 1 unspecified atom stereocenters. The first-order valence-electron chi connectivity index (χ1n) is 7.56. The molecule has 0 N–H and O–H groups in total. The predicted molar refractivity (Wildman–Crippen MR) is 92.8 cm³/mol. The molecule has 1 radical (unpaired) electrons. The Balaban J connectivity index is 1.97. The number of hydrogen-bond donors (Lipinski definition) is 0. The van der Waals surface area contributed by atoms with Gasteiger partial charge in [0.15, 0.2) is 0 Å². The Morgan fingerprint density at radius 2 is 2.17 bits per heavy atom. The van der Waals surface area contributed by atoms with Crippen LogP contribution in [0.2, 0.25) is 0 Å². The van der Waals surface area contributed by atoms with Crippen molar-refractivity contribution in [3.05, 3.63) is 88.0 Å². The molecule has 24 heavy (non-hydrogen) atoms. The average Bonchev–Trinajstić information content (AvgIpc) is 2.61. The molecule has 0 saturated carbocycles. The van der Waals surface area contributed by atoms with Crippen LogP contribution in [0.25, 0.3) is 5.57 Å². The quantitative estimate of drug-likeness (QED) is 0.789. The van der Waals surface area contributed by atoms with Crippen LogP contribution >= 0.6 is 11.6 Å². The third-order valence-corrected chi connectivity index (χ3v) is 4.83. The number of nitrogens with zero attached hydrogens (tertiary/aromatic N) is 2. The van der Waals surface area contributed by atoms with Gasteiger partial charge in [-0.2, -0.15) is 5.26 Å². The van der Waals surface area contributed by atoms with E-state index in [0.29, 0.717) is 22.7 Å². The van der Waals surface area contributed by atoms with Gasteiger partial charge in [-0.25, -0.2) is 5.32 Å². The Morgan fingerprint density at radius 1 is 1.29 bits per heavy atom. The van der Waals surface area contributed by atoms with Crippen LogP contribution in [0.4, 0.5) is 0 Å². The lowest BCUT2D eigenvalue weighted by Crippen LogP contribution is -2.42. The van der Waals surface area contributed by atoms with Crippen molar-refractivity contribution < 1.29 is 4.79 Å². The molecule has 1 heterocycles. The molecule has 1 aromatic rings. The van der Waals surface area contributed by atoms with Crippen molar-refractivity contribution in [1.29, 1.82) is 5.26 Å². The van der Waals surface area contributed by atoms with Crippen LogP contribution in [0.1, 0.15) is 11.1 Å². The highest BCUT2D eigenvalue weighted by Crippen LogP contribution is 2.49. The minimum absolute atomic E-state index is 0.245. The highest BCUT2D eigenvalue weighted by molar-refractivity contribution is 6.31. The van der Waals surface area contributed by atoms with Gasteiger partial charge in [0, 0.05) is 5.03 Å². The Kier molecular flexibility index (Phi) is 3.30. The van der Waals surface area contributed by atoms with Crippen LogP contribution in [-0.4, -0.2) is 12.5 Å². The summed E-state index contributed by atoms with van der Waals surface area (Å²) in [4.78, 5) is 12.6. The molecule has 3 aliphatic rings. The van der Waals surface area contributed by atoms with E-state index in [-0.39, 0.29) is 5.91 Å². The van der Waals surface area contributed by atoms with Gasteiger partial charge in [-0.05, 0) is 41.0 Å². The number of amides is 1. The summed E-state index contributed by atoms with van der Waals surface area (Å²) in [5, 5.41) is 14.1. The zero-order valence-electron chi connectivity index (χ0n) is 12.7. The third-order valence-electron chi connectivity index (χ3n) is 4.59. The van der Waals surface area contributed by atoms with Crippen LogP contribution in [0, 0.1) is 16.7 Å². The number of carbonyl (C=O) groups excluding carboxylic acids is 1. The largest absolute Gasteiger partial charge is 0.273 e. The zero-order chi connectivity index (χ0) is 16.7. The summed E-state index contributed by atoms with van der Waals surface area (Å²) in [6.07, 6.45) is 11.7. The van der Waals surface area contributed by atoms with E-state index in [2.05, 4.69) is 11.4 Å². The van der Waals surface area contributed by atoms with Crippen molar-refractivity contribution in [2.75, 3.05) is 6.54 Å². The molecular weight excluding hydrogens is 320 g/mol. The SMILES string of the molecule is N#Cc1cccc(C2=C3C=CC=C4C=C(Cl)C=CC43C[N]C2=O)c1. The zero-order valence-corrected chi connectivity index (χ0v) is 13.4. The summed E-state index contributed by atoms with van der Waals surface area (Å²) in [5.41, 5.74) is 3.27. The number of carbonyl (C=O) groups is 1. The number of rotatable bonds is 1. The minimum Gasteiger partial charge on any atom is -0.267 e. The lowest BCUT2D eigenvalue weighted by Gasteiger charge is -2.40. The van der Waals surface area contributed by atoms with Crippen molar-refractivity contribution in [2.24, 2.45) is 5.41 Å². The smallest absolute Gasteiger partial charge is 0.267 e. The summed E-state index contributed by atoms with van der Waals surface area (Å²) >= 11 is 6.15. The van der Waals surface area contributed by atoms with E-state index in [1.807, 2.05) is 42.5 Å². The fourth-order valence-corrected chi connectivity index (χ4v) is 3.61. The summed E-state index contributed by atoms with van der Waals surface area (Å²) < 4.78 is 0. The van der Waals surface area contributed by atoms with Crippen LogP contribution in [-0.2, 0) is 4.79 Å². The van der Waals surface area contributed by atoms with Gasteiger partial charge in [-0.15, -0.1) is 0 Å². The molecule has 1 aliphatic heterocycles. The predicted octanol–water partition coefficient (Wildman–Crippen LogP) is 3.63. The first-order valence-corrected chi connectivity index (χ1v) is 7.94. The number of hydrogen-bond acceptors (Lipinski definition) is 2. The number of nitriles is 1. The Bertz CT molecular complexity index is 956. The van der Waals surface area contributed by atoms with Crippen LogP contribution < -0.4 is 5.32 Å². The second-order valence-corrected chi connectivity index (χ2v) is 6.35. The fourth-order valence-electron chi connectivity index (χ4n) is 3.43.